The summed E-state index contributed by atoms with van der Waals surface area (Å²) in [6.07, 6.45) is 0.350. The van der Waals surface area contributed by atoms with Gasteiger partial charge in [-0.25, -0.2) is 14.6 Å². The Labute approximate surface area is 170 Å². The first-order chi connectivity index (χ1) is 14.3. The number of rotatable bonds is 6. The number of benzene rings is 1. The summed E-state index contributed by atoms with van der Waals surface area (Å²) >= 11 is 0. The fourth-order valence-corrected chi connectivity index (χ4v) is 3.03. The highest BCUT2D eigenvalue weighted by atomic mass is 16.6. The smallest absolute Gasteiger partial charge is 0.410 e. The second-order valence-corrected chi connectivity index (χ2v) is 6.53. The van der Waals surface area contributed by atoms with Crippen molar-refractivity contribution in [2.45, 2.75) is 25.5 Å². The van der Waals surface area contributed by atoms with Crippen LogP contribution in [0.2, 0.25) is 0 Å². The van der Waals surface area contributed by atoms with Crippen LogP contribution in [0.5, 0.6) is 0 Å². The van der Waals surface area contributed by atoms with E-state index in [-0.39, 0.29) is 23.8 Å². The molecule has 11 nitrogen and oxygen atoms in total. The number of nitrogens with one attached hydrogen (secondary N) is 1. The number of nitrogens with zero attached hydrogens (tertiary/aromatic N) is 3. The van der Waals surface area contributed by atoms with Gasteiger partial charge in [-0.15, -0.1) is 0 Å². The Kier molecular flexibility index (Phi) is 6.20. The molecule has 1 unspecified atom stereocenters. The molecule has 2 N–H and O–H groups in total. The summed E-state index contributed by atoms with van der Waals surface area (Å²) in [6, 6.07) is 9.04. The lowest BCUT2D eigenvalue weighted by atomic mass is 10.2. The quantitative estimate of drug-likeness (QED) is 0.540. The number of hydrogen-bond acceptors (Lipinski definition) is 7. The Bertz CT molecular complexity index is 977. The average molecular weight is 414 g/mol. The van der Waals surface area contributed by atoms with Gasteiger partial charge < -0.3 is 15.2 Å². The third-order valence-electron chi connectivity index (χ3n) is 4.52. The lowest BCUT2D eigenvalue weighted by Gasteiger charge is -2.23. The topological polar surface area (TPSA) is 152 Å². The van der Waals surface area contributed by atoms with E-state index in [4.69, 9.17) is 9.84 Å². The van der Waals surface area contributed by atoms with Gasteiger partial charge in [0.25, 0.3) is 5.69 Å². The molecule has 2 heterocycles. The molecule has 1 atom stereocenters. The van der Waals surface area contributed by atoms with Crippen molar-refractivity contribution in [1.29, 1.82) is 0 Å². The number of carbonyl (C=O) groups excluding carboxylic acids is 2. The van der Waals surface area contributed by atoms with Crippen LogP contribution in [0.4, 0.5) is 16.3 Å². The number of carboxylic acids is 1. The highest BCUT2D eigenvalue weighted by Crippen LogP contribution is 2.21. The minimum absolute atomic E-state index is 0.0677. The Morgan fingerprint density at radius 1 is 1.23 bits per heavy atom. The largest absolute Gasteiger partial charge is 0.477 e. The lowest BCUT2D eigenvalue weighted by Crippen LogP contribution is -2.43. The molecule has 0 aliphatic carbocycles. The van der Waals surface area contributed by atoms with Crippen molar-refractivity contribution in [3.63, 3.8) is 0 Å². The zero-order valence-electron chi connectivity index (χ0n) is 15.7. The fourth-order valence-electron chi connectivity index (χ4n) is 3.03. The van der Waals surface area contributed by atoms with E-state index >= 15 is 0 Å². The molecule has 11 heteroatoms. The molecule has 3 rings (SSSR count). The van der Waals surface area contributed by atoms with E-state index in [0.717, 1.165) is 0 Å². The number of nitro benzene ring substituents is 1. The van der Waals surface area contributed by atoms with Crippen LogP contribution in [0.1, 0.15) is 28.9 Å². The SMILES string of the molecule is O=C(O)c1cccc(NC(=O)C2CCCN2C(=O)OCc2ccc([N+](=O)[O-])cc2)n1. The van der Waals surface area contributed by atoms with Crippen LogP contribution in [0.3, 0.4) is 0 Å². The average Bonchev–Trinajstić information content (AvgIpc) is 3.22. The van der Waals surface area contributed by atoms with Crippen molar-refractivity contribution >= 4 is 29.5 Å². The van der Waals surface area contributed by atoms with Gasteiger partial charge in [-0.2, -0.15) is 0 Å². The molecule has 30 heavy (non-hydrogen) atoms. The predicted octanol–water partition coefficient (Wildman–Crippen LogP) is 2.43. The maximum Gasteiger partial charge on any atom is 0.410 e. The minimum Gasteiger partial charge on any atom is -0.477 e. The summed E-state index contributed by atoms with van der Waals surface area (Å²) in [7, 11) is 0. The lowest BCUT2D eigenvalue weighted by molar-refractivity contribution is -0.384. The van der Waals surface area contributed by atoms with Gasteiger partial charge in [-0.05, 0) is 42.7 Å². The van der Waals surface area contributed by atoms with Crippen LogP contribution in [-0.4, -0.2) is 50.5 Å². The maximum absolute atomic E-state index is 12.6. The number of hydrogen-bond donors (Lipinski definition) is 2. The molecule has 156 valence electrons. The van der Waals surface area contributed by atoms with E-state index in [1.807, 2.05) is 0 Å². The van der Waals surface area contributed by atoms with Crippen LogP contribution >= 0.6 is 0 Å². The molecule has 1 saturated heterocycles. The van der Waals surface area contributed by atoms with Gasteiger partial charge in [0.05, 0.1) is 4.92 Å². The van der Waals surface area contributed by atoms with E-state index in [2.05, 4.69) is 10.3 Å². The van der Waals surface area contributed by atoms with Gasteiger partial charge >= 0.3 is 12.1 Å². The number of carboxylic acid groups (broad SMARTS) is 1. The zero-order chi connectivity index (χ0) is 21.7. The molecular weight excluding hydrogens is 396 g/mol. The number of pyridine rings is 1. The minimum atomic E-state index is -1.22. The number of aromatic nitrogens is 1. The van der Waals surface area contributed by atoms with E-state index in [9.17, 15) is 24.5 Å². The van der Waals surface area contributed by atoms with E-state index < -0.39 is 28.9 Å². The summed E-state index contributed by atoms with van der Waals surface area (Å²) in [6.45, 7) is 0.240. The predicted molar refractivity (Wildman–Crippen MR) is 103 cm³/mol. The molecule has 1 aromatic carbocycles. The van der Waals surface area contributed by atoms with Gasteiger partial charge in [-0.3, -0.25) is 19.8 Å². The van der Waals surface area contributed by atoms with Gasteiger partial charge in [0.1, 0.15) is 18.5 Å². The van der Waals surface area contributed by atoms with Crippen molar-refractivity contribution in [3.05, 3.63) is 63.8 Å². The normalized spacial score (nSPS) is 15.5. The van der Waals surface area contributed by atoms with Crippen molar-refractivity contribution in [2.75, 3.05) is 11.9 Å². The molecular formula is C19H18N4O7. The summed E-state index contributed by atoms with van der Waals surface area (Å²) in [5, 5.41) is 22.2. The summed E-state index contributed by atoms with van der Waals surface area (Å²) < 4.78 is 5.24. The zero-order valence-corrected chi connectivity index (χ0v) is 15.7. The summed E-state index contributed by atoms with van der Waals surface area (Å²) in [4.78, 5) is 51.3. The Morgan fingerprint density at radius 2 is 1.97 bits per heavy atom. The van der Waals surface area contributed by atoms with Gasteiger partial charge in [0.15, 0.2) is 5.69 Å². The Morgan fingerprint density at radius 3 is 2.63 bits per heavy atom. The molecule has 1 aromatic heterocycles. The third-order valence-corrected chi connectivity index (χ3v) is 4.52. The first-order valence-electron chi connectivity index (χ1n) is 9.03. The van der Waals surface area contributed by atoms with Crippen molar-refractivity contribution < 1.29 is 29.2 Å². The van der Waals surface area contributed by atoms with Gasteiger partial charge in [-0.1, -0.05) is 6.07 Å². The molecule has 2 aromatic rings. The number of non-ortho nitro benzene ring substituents is 1. The van der Waals surface area contributed by atoms with Gasteiger partial charge in [0.2, 0.25) is 5.91 Å². The summed E-state index contributed by atoms with van der Waals surface area (Å²) in [5.74, 6) is -1.63. The van der Waals surface area contributed by atoms with Crippen molar-refractivity contribution in [1.82, 2.24) is 9.88 Å². The van der Waals surface area contributed by atoms with Crippen LogP contribution in [-0.2, 0) is 16.1 Å². The van der Waals surface area contributed by atoms with Crippen LogP contribution in [0.15, 0.2) is 42.5 Å². The van der Waals surface area contributed by atoms with Crippen molar-refractivity contribution in [3.8, 4) is 0 Å². The maximum atomic E-state index is 12.6. The first-order valence-corrected chi connectivity index (χ1v) is 9.03. The molecule has 1 fully saturated rings. The molecule has 0 bridgehead atoms. The third kappa shape index (κ3) is 4.87. The summed E-state index contributed by atoms with van der Waals surface area (Å²) in [5.41, 5.74) is 0.296. The number of likely N-dealkylation sites (tertiary alicyclic amines) is 1. The van der Waals surface area contributed by atoms with Gasteiger partial charge in [0, 0.05) is 18.7 Å². The van der Waals surface area contributed by atoms with Crippen molar-refractivity contribution in [2.24, 2.45) is 0 Å². The Balaban J connectivity index is 1.59. The number of aromatic carboxylic acids is 1. The number of nitro groups is 1. The number of carbonyl (C=O) groups is 3. The molecule has 0 radical (unpaired) electrons. The first kappa shape index (κ1) is 20.7. The second-order valence-electron chi connectivity index (χ2n) is 6.53. The number of anilines is 1. The molecule has 1 aliphatic rings. The fraction of sp³-hybridized carbons (Fsp3) is 0.263. The Hall–Kier alpha value is -4.02. The molecule has 1 aliphatic heterocycles. The molecule has 0 saturated carbocycles. The molecule has 0 spiro atoms. The number of amides is 2. The van der Waals surface area contributed by atoms with Crippen LogP contribution < -0.4 is 5.32 Å². The monoisotopic (exact) mass is 414 g/mol. The molecule has 2 amide bonds. The number of ether oxygens (including phenoxy) is 1. The van der Waals surface area contributed by atoms with E-state index in [1.54, 1.807) is 0 Å². The highest BCUT2D eigenvalue weighted by molar-refractivity contribution is 5.96. The standard InChI is InChI=1S/C19H18N4O7/c24-17(21-16-5-1-3-14(20-16)18(25)26)15-4-2-10-22(15)19(27)30-11-12-6-8-13(9-7-12)23(28)29/h1,3,5-9,15H,2,4,10-11H2,(H,25,26)(H,20,21,24). The second kappa shape index (κ2) is 8.99. The van der Waals surface area contributed by atoms with E-state index in [0.29, 0.717) is 24.9 Å². The highest BCUT2D eigenvalue weighted by Gasteiger charge is 2.35. The van der Waals surface area contributed by atoms with Crippen LogP contribution in [0, 0.1) is 10.1 Å². The van der Waals surface area contributed by atoms with E-state index in [1.165, 1.54) is 47.4 Å². The van der Waals surface area contributed by atoms with Crippen LogP contribution in [0.25, 0.3) is 0 Å².